The molecule has 0 unspecified atom stereocenters. The van der Waals surface area contributed by atoms with E-state index >= 15 is 0 Å². The summed E-state index contributed by atoms with van der Waals surface area (Å²) in [5.74, 6) is 0.237. The maximum absolute atomic E-state index is 9.68. The summed E-state index contributed by atoms with van der Waals surface area (Å²) >= 11 is 5.71. The second-order valence-corrected chi connectivity index (χ2v) is 7.29. The average Bonchev–Trinajstić information content (AvgIpc) is 3.14. The SMILES string of the molecule is Cc1cc([C@@H]2[C@@H](c3ccccn3)NC(=S)N2c2ccc(O)cc2)c(C)n1C. The van der Waals surface area contributed by atoms with Crippen molar-refractivity contribution in [2.75, 3.05) is 4.90 Å². The topological polar surface area (TPSA) is 53.3 Å². The van der Waals surface area contributed by atoms with Crippen molar-refractivity contribution in [3.05, 3.63) is 77.4 Å². The normalized spacial score (nSPS) is 19.4. The Morgan fingerprint density at radius 1 is 1.11 bits per heavy atom. The average molecular weight is 379 g/mol. The summed E-state index contributed by atoms with van der Waals surface area (Å²) in [6, 6.07) is 15.2. The number of rotatable bonds is 3. The van der Waals surface area contributed by atoms with Crippen LogP contribution in [0.1, 0.15) is 34.7 Å². The third kappa shape index (κ3) is 2.96. The number of pyridine rings is 1. The fourth-order valence-corrected chi connectivity index (χ4v) is 4.09. The standard InChI is InChI=1S/C21H22N4OS/c1-13-12-17(14(2)24(13)3)20-19(18-6-4-5-11-22-18)23-21(27)25(20)15-7-9-16(26)10-8-15/h4-12,19-20,26H,1-3H3,(H,23,27)/t19-,20-/m1/s1. The van der Waals surface area contributed by atoms with Gasteiger partial charge in [0.2, 0.25) is 0 Å². The lowest BCUT2D eigenvalue weighted by Gasteiger charge is -2.28. The van der Waals surface area contributed by atoms with Gasteiger partial charge in [0.15, 0.2) is 5.11 Å². The quantitative estimate of drug-likeness (QED) is 0.677. The first-order valence-corrected chi connectivity index (χ1v) is 9.30. The zero-order valence-electron chi connectivity index (χ0n) is 15.5. The van der Waals surface area contributed by atoms with Crippen molar-refractivity contribution in [2.45, 2.75) is 25.9 Å². The minimum absolute atomic E-state index is 0.0307. The van der Waals surface area contributed by atoms with Gasteiger partial charge in [-0.05, 0) is 74.1 Å². The molecule has 1 fully saturated rings. The van der Waals surface area contributed by atoms with Gasteiger partial charge in [-0.25, -0.2) is 0 Å². The number of aromatic hydroxyl groups is 1. The van der Waals surface area contributed by atoms with E-state index in [1.165, 1.54) is 17.0 Å². The van der Waals surface area contributed by atoms with Crippen LogP contribution in [0.15, 0.2) is 54.7 Å². The molecule has 0 bridgehead atoms. The molecule has 138 valence electrons. The lowest BCUT2D eigenvalue weighted by atomic mass is 9.96. The van der Waals surface area contributed by atoms with E-state index in [9.17, 15) is 5.11 Å². The molecular weight excluding hydrogens is 356 g/mol. The first kappa shape index (κ1) is 17.5. The zero-order valence-corrected chi connectivity index (χ0v) is 16.4. The highest BCUT2D eigenvalue weighted by Gasteiger charge is 2.42. The van der Waals surface area contributed by atoms with Crippen molar-refractivity contribution in [2.24, 2.45) is 7.05 Å². The molecule has 2 atom stereocenters. The Balaban J connectivity index is 1.87. The van der Waals surface area contributed by atoms with Crippen molar-refractivity contribution >= 4 is 23.0 Å². The molecule has 2 N–H and O–H groups in total. The summed E-state index contributed by atoms with van der Waals surface area (Å²) in [6.07, 6.45) is 1.81. The minimum atomic E-state index is -0.0620. The number of hydrogen-bond acceptors (Lipinski definition) is 3. The molecule has 4 rings (SSSR count). The van der Waals surface area contributed by atoms with Crippen molar-refractivity contribution in [1.29, 1.82) is 0 Å². The number of nitrogens with one attached hydrogen (secondary N) is 1. The number of aromatic nitrogens is 2. The second kappa shape index (κ2) is 6.70. The molecule has 1 aliphatic heterocycles. The highest BCUT2D eigenvalue weighted by Crippen LogP contribution is 2.43. The first-order valence-electron chi connectivity index (χ1n) is 8.90. The van der Waals surface area contributed by atoms with Crippen LogP contribution in [0.4, 0.5) is 5.69 Å². The van der Waals surface area contributed by atoms with Crippen LogP contribution in [-0.4, -0.2) is 19.8 Å². The lowest BCUT2D eigenvalue weighted by molar-refractivity contribution is 0.475. The van der Waals surface area contributed by atoms with Crippen LogP contribution in [-0.2, 0) is 7.05 Å². The largest absolute Gasteiger partial charge is 0.508 e. The Bertz CT molecular complexity index is 981. The van der Waals surface area contributed by atoms with E-state index in [0.717, 1.165) is 11.4 Å². The minimum Gasteiger partial charge on any atom is -0.508 e. The summed E-state index contributed by atoms with van der Waals surface area (Å²) < 4.78 is 2.20. The summed E-state index contributed by atoms with van der Waals surface area (Å²) in [4.78, 5) is 6.70. The van der Waals surface area contributed by atoms with Gasteiger partial charge in [0.1, 0.15) is 5.75 Å². The Labute approximate surface area is 164 Å². The smallest absolute Gasteiger partial charge is 0.174 e. The fourth-order valence-electron chi connectivity index (χ4n) is 3.75. The molecule has 27 heavy (non-hydrogen) atoms. The summed E-state index contributed by atoms with van der Waals surface area (Å²) in [7, 11) is 2.08. The molecule has 0 saturated carbocycles. The molecule has 1 aromatic carbocycles. The van der Waals surface area contributed by atoms with Crippen LogP contribution in [0.2, 0.25) is 0 Å². The van der Waals surface area contributed by atoms with Gasteiger partial charge in [-0.15, -0.1) is 0 Å². The molecule has 0 amide bonds. The van der Waals surface area contributed by atoms with Crippen LogP contribution in [0.3, 0.4) is 0 Å². The number of nitrogens with zero attached hydrogens (tertiary/aromatic N) is 3. The highest BCUT2D eigenvalue weighted by atomic mass is 32.1. The van der Waals surface area contributed by atoms with E-state index in [2.05, 4.69) is 46.7 Å². The monoisotopic (exact) mass is 378 g/mol. The van der Waals surface area contributed by atoms with Crippen LogP contribution < -0.4 is 10.2 Å². The van der Waals surface area contributed by atoms with E-state index in [1.807, 2.05) is 36.5 Å². The summed E-state index contributed by atoms with van der Waals surface area (Å²) in [6.45, 7) is 4.24. The van der Waals surface area contributed by atoms with Gasteiger partial charge in [-0.1, -0.05) is 6.07 Å². The molecule has 6 heteroatoms. The first-order chi connectivity index (χ1) is 13.0. The van der Waals surface area contributed by atoms with Crippen molar-refractivity contribution in [1.82, 2.24) is 14.9 Å². The molecule has 1 saturated heterocycles. The summed E-state index contributed by atoms with van der Waals surface area (Å²) in [5, 5.41) is 13.8. The van der Waals surface area contributed by atoms with E-state index in [0.29, 0.717) is 5.11 Å². The molecule has 0 aliphatic carbocycles. The van der Waals surface area contributed by atoms with Gasteiger partial charge in [-0.2, -0.15) is 0 Å². The number of hydrogen-bond donors (Lipinski definition) is 2. The molecule has 5 nitrogen and oxygen atoms in total. The third-order valence-corrected chi connectivity index (χ3v) is 5.67. The molecule has 0 radical (unpaired) electrons. The van der Waals surface area contributed by atoms with Gasteiger partial charge < -0.3 is 19.9 Å². The van der Waals surface area contributed by atoms with Gasteiger partial charge in [0.05, 0.1) is 17.8 Å². The fraction of sp³-hybridized carbons (Fsp3) is 0.238. The maximum atomic E-state index is 9.68. The molecular formula is C21H22N4OS. The van der Waals surface area contributed by atoms with Crippen LogP contribution in [0, 0.1) is 13.8 Å². The van der Waals surface area contributed by atoms with Gasteiger partial charge in [0, 0.05) is 30.3 Å². The highest BCUT2D eigenvalue weighted by molar-refractivity contribution is 7.80. The van der Waals surface area contributed by atoms with Gasteiger partial charge >= 0.3 is 0 Å². The van der Waals surface area contributed by atoms with E-state index in [4.69, 9.17) is 12.2 Å². The van der Waals surface area contributed by atoms with Gasteiger partial charge in [-0.3, -0.25) is 4.98 Å². The second-order valence-electron chi connectivity index (χ2n) is 6.90. The Kier molecular flexibility index (Phi) is 4.36. The van der Waals surface area contributed by atoms with Crippen molar-refractivity contribution in [3.8, 4) is 5.75 Å². The number of benzene rings is 1. The zero-order chi connectivity index (χ0) is 19.1. The van der Waals surface area contributed by atoms with Crippen LogP contribution in [0.5, 0.6) is 5.75 Å². The van der Waals surface area contributed by atoms with E-state index < -0.39 is 0 Å². The molecule has 1 aliphatic rings. The number of thiocarbonyl (C=S) groups is 1. The van der Waals surface area contributed by atoms with Crippen molar-refractivity contribution < 1.29 is 5.11 Å². The molecule has 3 heterocycles. The lowest BCUT2D eigenvalue weighted by Crippen LogP contribution is -2.29. The maximum Gasteiger partial charge on any atom is 0.174 e. The molecule has 3 aromatic rings. The number of aryl methyl sites for hydroxylation is 1. The summed E-state index contributed by atoms with van der Waals surface area (Å²) in [5.41, 5.74) is 5.51. The van der Waals surface area contributed by atoms with E-state index in [1.54, 1.807) is 12.1 Å². The van der Waals surface area contributed by atoms with Gasteiger partial charge in [0.25, 0.3) is 0 Å². The Hall–Kier alpha value is -2.86. The predicted octanol–water partition coefficient (Wildman–Crippen LogP) is 3.92. The van der Waals surface area contributed by atoms with E-state index in [-0.39, 0.29) is 17.8 Å². The number of phenols is 1. The molecule has 0 spiro atoms. The predicted molar refractivity (Wildman–Crippen MR) is 111 cm³/mol. The van der Waals surface area contributed by atoms with Crippen LogP contribution in [0.25, 0.3) is 0 Å². The Morgan fingerprint density at radius 2 is 1.85 bits per heavy atom. The van der Waals surface area contributed by atoms with Crippen molar-refractivity contribution in [3.63, 3.8) is 0 Å². The molecule has 2 aromatic heterocycles. The number of phenolic OH excluding ortho intramolecular Hbond substituents is 1. The van der Waals surface area contributed by atoms with Crippen LogP contribution >= 0.6 is 12.2 Å². The third-order valence-electron chi connectivity index (χ3n) is 5.36. The Morgan fingerprint density at radius 3 is 2.44 bits per heavy atom. The number of anilines is 1.